The van der Waals surface area contributed by atoms with Crippen LogP contribution in [0.1, 0.15) is 23.7 Å². The lowest BCUT2D eigenvalue weighted by Gasteiger charge is -2.15. The monoisotopic (exact) mass is 325 g/mol. The van der Waals surface area contributed by atoms with E-state index < -0.39 is 0 Å². The van der Waals surface area contributed by atoms with Crippen molar-refractivity contribution in [3.8, 4) is 0 Å². The minimum atomic E-state index is 0.655. The normalized spacial score (nSPS) is 11.6. The molecule has 1 heterocycles. The van der Waals surface area contributed by atoms with E-state index in [0.717, 1.165) is 31.3 Å². The maximum Gasteiger partial charge on any atom is 0.191 e. The molecule has 5 heteroatoms. The molecule has 0 amide bonds. The number of nitrogens with one attached hydrogen (secondary N) is 2. The molecule has 24 heavy (non-hydrogen) atoms. The summed E-state index contributed by atoms with van der Waals surface area (Å²) >= 11 is 0. The molecule has 0 aliphatic carbocycles. The van der Waals surface area contributed by atoms with E-state index in [1.807, 2.05) is 18.2 Å². The fourth-order valence-electron chi connectivity index (χ4n) is 2.34. The highest BCUT2D eigenvalue weighted by Gasteiger charge is 2.02. The van der Waals surface area contributed by atoms with Gasteiger partial charge in [0.25, 0.3) is 0 Å². The summed E-state index contributed by atoms with van der Waals surface area (Å²) in [6.07, 6.45) is 1.80. The van der Waals surface area contributed by atoms with Crippen LogP contribution in [0.25, 0.3) is 0 Å². The Morgan fingerprint density at radius 2 is 1.88 bits per heavy atom. The summed E-state index contributed by atoms with van der Waals surface area (Å²) in [6, 6.07) is 14.6. The third kappa shape index (κ3) is 6.01. The van der Waals surface area contributed by atoms with Crippen LogP contribution in [-0.2, 0) is 19.6 Å². The number of benzene rings is 1. The van der Waals surface area contributed by atoms with Crippen molar-refractivity contribution < 1.29 is 0 Å². The van der Waals surface area contributed by atoms with Crippen molar-refractivity contribution in [2.24, 2.45) is 4.99 Å². The highest BCUT2D eigenvalue weighted by molar-refractivity contribution is 5.79. The van der Waals surface area contributed by atoms with E-state index in [1.54, 1.807) is 13.2 Å². The predicted molar refractivity (Wildman–Crippen MR) is 99.7 cm³/mol. The molecule has 0 spiro atoms. The zero-order valence-electron chi connectivity index (χ0n) is 14.8. The van der Waals surface area contributed by atoms with Crippen molar-refractivity contribution in [2.45, 2.75) is 26.6 Å². The van der Waals surface area contributed by atoms with E-state index in [0.29, 0.717) is 6.54 Å². The second kappa shape index (κ2) is 9.67. The van der Waals surface area contributed by atoms with E-state index in [4.69, 9.17) is 0 Å². The van der Waals surface area contributed by atoms with Crippen molar-refractivity contribution in [2.75, 3.05) is 20.6 Å². The average molecular weight is 325 g/mol. The Hall–Kier alpha value is -2.40. The number of hydrogen-bond acceptors (Lipinski definition) is 3. The lowest BCUT2D eigenvalue weighted by molar-refractivity contribution is 0.345. The first-order valence-electron chi connectivity index (χ1n) is 8.32. The molecule has 2 N–H and O–H groups in total. The van der Waals surface area contributed by atoms with Crippen molar-refractivity contribution in [3.05, 3.63) is 65.5 Å². The van der Waals surface area contributed by atoms with Crippen LogP contribution in [0.5, 0.6) is 0 Å². The van der Waals surface area contributed by atoms with Gasteiger partial charge in [0.1, 0.15) is 0 Å². The standard InChI is InChI=1S/C19H27N5/c1-4-24(3)15-17-9-7-8-16(12-17)13-22-19(20-2)23-14-18-10-5-6-11-21-18/h5-12H,4,13-15H2,1-3H3,(H2,20,22,23). The number of guanidine groups is 1. The Balaban J connectivity index is 1.85. The molecule has 2 rings (SSSR count). The number of hydrogen-bond donors (Lipinski definition) is 2. The zero-order chi connectivity index (χ0) is 17.2. The van der Waals surface area contributed by atoms with Gasteiger partial charge in [-0.2, -0.15) is 0 Å². The summed E-state index contributed by atoms with van der Waals surface area (Å²) < 4.78 is 0. The van der Waals surface area contributed by atoms with Gasteiger partial charge >= 0.3 is 0 Å². The number of rotatable bonds is 7. The van der Waals surface area contributed by atoms with Crippen molar-refractivity contribution in [1.82, 2.24) is 20.5 Å². The number of aromatic nitrogens is 1. The molecule has 0 saturated heterocycles. The maximum absolute atomic E-state index is 4.30. The van der Waals surface area contributed by atoms with Crippen LogP contribution in [0.15, 0.2) is 53.7 Å². The molecule has 0 aliphatic heterocycles. The fraction of sp³-hybridized carbons (Fsp3) is 0.368. The molecular formula is C19H27N5. The molecule has 2 aromatic rings. The lowest BCUT2D eigenvalue weighted by Crippen LogP contribution is -2.36. The Bertz CT molecular complexity index is 639. The van der Waals surface area contributed by atoms with Crippen LogP contribution >= 0.6 is 0 Å². The predicted octanol–water partition coefficient (Wildman–Crippen LogP) is 2.40. The molecule has 5 nitrogen and oxygen atoms in total. The summed E-state index contributed by atoms with van der Waals surface area (Å²) in [5.41, 5.74) is 3.57. The first-order valence-corrected chi connectivity index (χ1v) is 8.32. The van der Waals surface area contributed by atoms with Gasteiger partial charge in [0.05, 0.1) is 12.2 Å². The minimum absolute atomic E-state index is 0.655. The third-order valence-electron chi connectivity index (χ3n) is 3.83. The molecule has 1 aromatic heterocycles. The van der Waals surface area contributed by atoms with Gasteiger partial charge in [0, 0.05) is 26.3 Å². The smallest absolute Gasteiger partial charge is 0.191 e. The van der Waals surface area contributed by atoms with Crippen molar-refractivity contribution in [1.29, 1.82) is 0 Å². The summed E-state index contributed by atoms with van der Waals surface area (Å²) in [5, 5.41) is 6.63. The highest BCUT2D eigenvalue weighted by Crippen LogP contribution is 2.07. The molecular weight excluding hydrogens is 298 g/mol. The highest BCUT2D eigenvalue weighted by atomic mass is 15.2. The third-order valence-corrected chi connectivity index (χ3v) is 3.83. The fourth-order valence-corrected chi connectivity index (χ4v) is 2.34. The van der Waals surface area contributed by atoms with Gasteiger partial charge in [0.2, 0.25) is 0 Å². The van der Waals surface area contributed by atoms with Gasteiger partial charge in [-0.3, -0.25) is 9.98 Å². The average Bonchev–Trinajstić information content (AvgIpc) is 2.63. The number of aliphatic imine (C=N–C) groups is 1. The van der Waals surface area contributed by atoms with Crippen molar-refractivity contribution >= 4 is 5.96 Å². The Morgan fingerprint density at radius 1 is 1.08 bits per heavy atom. The van der Waals surface area contributed by atoms with Gasteiger partial charge < -0.3 is 15.5 Å². The SMILES string of the molecule is CCN(C)Cc1cccc(CNC(=NC)NCc2ccccn2)c1. The molecule has 0 unspecified atom stereocenters. The Labute approximate surface area is 144 Å². The van der Waals surface area contributed by atoms with Crippen LogP contribution < -0.4 is 10.6 Å². The van der Waals surface area contributed by atoms with Crippen LogP contribution in [0.4, 0.5) is 0 Å². The van der Waals surface area contributed by atoms with E-state index in [9.17, 15) is 0 Å². The zero-order valence-corrected chi connectivity index (χ0v) is 14.8. The molecule has 0 radical (unpaired) electrons. The molecule has 128 valence electrons. The molecule has 0 bridgehead atoms. The second-order valence-corrected chi connectivity index (χ2v) is 5.75. The van der Waals surface area contributed by atoms with Gasteiger partial charge in [-0.1, -0.05) is 37.3 Å². The second-order valence-electron chi connectivity index (χ2n) is 5.75. The first kappa shape index (κ1) is 17.9. The summed E-state index contributed by atoms with van der Waals surface area (Å²) in [6.45, 7) is 5.58. The first-order chi connectivity index (χ1) is 11.7. The number of pyridine rings is 1. The molecule has 0 saturated carbocycles. The van der Waals surface area contributed by atoms with E-state index in [1.165, 1.54) is 11.1 Å². The maximum atomic E-state index is 4.30. The molecule has 0 aliphatic rings. The van der Waals surface area contributed by atoms with Crippen LogP contribution in [0.3, 0.4) is 0 Å². The summed E-state index contributed by atoms with van der Waals surface area (Å²) in [7, 11) is 3.91. The van der Waals surface area contributed by atoms with E-state index >= 15 is 0 Å². The largest absolute Gasteiger partial charge is 0.352 e. The van der Waals surface area contributed by atoms with Gasteiger partial charge in [-0.05, 0) is 36.9 Å². The van der Waals surface area contributed by atoms with Crippen LogP contribution in [-0.4, -0.2) is 36.5 Å². The molecule has 0 atom stereocenters. The van der Waals surface area contributed by atoms with Gasteiger partial charge in [-0.15, -0.1) is 0 Å². The molecule has 0 fully saturated rings. The minimum Gasteiger partial charge on any atom is -0.352 e. The number of nitrogens with zero attached hydrogens (tertiary/aromatic N) is 3. The summed E-state index contributed by atoms with van der Waals surface area (Å²) in [4.78, 5) is 10.9. The van der Waals surface area contributed by atoms with Gasteiger partial charge in [-0.25, -0.2) is 0 Å². The van der Waals surface area contributed by atoms with E-state index in [-0.39, 0.29) is 0 Å². The van der Waals surface area contributed by atoms with Gasteiger partial charge in [0.15, 0.2) is 5.96 Å². The quantitative estimate of drug-likeness (QED) is 0.606. The van der Waals surface area contributed by atoms with Crippen LogP contribution in [0.2, 0.25) is 0 Å². The van der Waals surface area contributed by atoms with Crippen molar-refractivity contribution in [3.63, 3.8) is 0 Å². The molecule has 1 aromatic carbocycles. The topological polar surface area (TPSA) is 52.5 Å². The van der Waals surface area contributed by atoms with E-state index in [2.05, 4.69) is 63.7 Å². The van der Waals surface area contributed by atoms with Crippen LogP contribution in [0, 0.1) is 0 Å². The summed E-state index contributed by atoms with van der Waals surface area (Å²) in [5.74, 6) is 0.775. The Kier molecular flexibility index (Phi) is 7.23. The Morgan fingerprint density at radius 3 is 2.58 bits per heavy atom. The lowest BCUT2D eigenvalue weighted by atomic mass is 10.1.